The molecule has 2 aliphatic carbocycles. The summed E-state index contributed by atoms with van der Waals surface area (Å²) in [5.74, 6) is 0. The molecule has 0 bridgehead atoms. The Morgan fingerprint density at radius 3 is 2.90 bits per heavy atom. The Labute approximate surface area is 128 Å². The molecule has 3 rings (SSSR count). The highest BCUT2D eigenvalue weighted by Crippen LogP contribution is 2.29. The van der Waals surface area contributed by atoms with Crippen molar-refractivity contribution in [3.63, 3.8) is 0 Å². The summed E-state index contributed by atoms with van der Waals surface area (Å²) in [5, 5.41) is 3.76. The van der Waals surface area contributed by atoms with Gasteiger partial charge in [0.05, 0.1) is 0 Å². The first-order valence-electron chi connectivity index (χ1n) is 8.23. The molecule has 0 amide bonds. The number of hydrogen-bond donors (Lipinski definition) is 1. The highest BCUT2D eigenvalue weighted by Gasteiger charge is 2.18. The van der Waals surface area contributed by atoms with E-state index < -0.39 is 0 Å². The average molecular weight is 279 g/mol. The van der Waals surface area contributed by atoms with E-state index in [0.29, 0.717) is 6.04 Å². The Bertz CT molecular complexity index is 536. The summed E-state index contributed by atoms with van der Waals surface area (Å²) in [5.41, 5.74) is 4.68. The molecule has 0 saturated heterocycles. The molecule has 2 aliphatic rings. The van der Waals surface area contributed by atoms with E-state index in [1.54, 1.807) is 11.1 Å². The fourth-order valence-corrected chi connectivity index (χ4v) is 3.32. The van der Waals surface area contributed by atoms with Gasteiger partial charge < -0.3 is 5.32 Å². The van der Waals surface area contributed by atoms with Crippen LogP contribution in [0.15, 0.2) is 65.8 Å². The lowest BCUT2D eigenvalue weighted by molar-refractivity contribution is 0.453. The van der Waals surface area contributed by atoms with Gasteiger partial charge in [-0.05, 0) is 56.2 Å². The first-order chi connectivity index (χ1) is 10.4. The first kappa shape index (κ1) is 14.3. The van der Waals surface area contributed by atoms with Gasteiger partial charge in [0, 0.05) is 6.04 Å². The molecule has 1 heteroatoms. The molecule has 0 aromatic heterocycles. The van der Waals surface area contributed by atoms with Crippen LogP contribution in [-0.4, -0.2) is 12.6 Å². The van der Waals surface area contributed by atoms with Gasteiger partial charge >= 0.3 is 0 Å². The Morgan fingerprint density at radius 1 is 1.10 bits per heavy atom. The Balaban J connectivity index is 1.42. The summed E-state index contributed by atoms with van der Waals surface area (Å²) in [6, 6.07) is 11.5. The molecule has 1 nitrogen and oxygen atoms in total. The quantitative estimate of drug-likeness (QED) is 0.778. The van der Waals surface area contributed by atoms with Gasteiger partial charge in [0.1, 0.15) is 0 Å². The van der Waals surface area contributed by atoms with E-state index in [-0.39, 0.29) is 0 Å². The Morgan fingerprint density at radius 2 is 2.00 bits per heavy atom. The van der Waals surface area contributed by atoms with E-state index in [0.717, 1.165) is 13.0 Å². The molecule has 1 aromatic rings. The van der Waals surface area contributed by atoms with Gasteiger partial charge in [0.2, 0.25) is 0 Å². The minimum atomic E-state index is 0.669. The van der Waals surface area contributed by atoms with Crippen LogP contribution in [0.3, 0.4) is 0 Å². The van der Waals surface area contributed by atoms with Crippen molar-refractivity contribution in [2.75, 3.05) is 6.54 Å². The Hall–Kier alpha value is -1.60. The van der Waals surface area contributed by atoms with Crippen LogP contribution in [0.25, 0.3) is 0 Å². The van der Waals surface area contributed by atoms with Gasteiger partial charge in [-0.2, -0.15) is 0 Å². The maximum absolute atomic E-state index is 3.76. The van der Waals surface area contributed by atoms with Crippen molar-refractivity contribution in [3.8, 4) is 0 Å². The van der Waals surface area contributed by atoms with Crippen molar-refractivity contribution in [2.24, 2.45) is 0 Å². The second kappa shape index (κ2) is 7.42. The van der Waals surface area contributed by atoms with Crippen molar-refractivity contribution in [1.29, 1.82) is 0 Å². The normalized spacial score (nSPS) is 21.2. The molecule has 1 unspecified atom stereocenters. The average Bonchev–Trinajstić information content (AvgIpc) is 2.77. The Kier molecular flexibility index (Phi) is 5.07. The van der Waals surface area contributed by atoms with Crippen molar-refractivity contribution >= 4 is 0 Å². The van der Waals surface area contributed by atoms with Crippen molar-refractivity contribution in [3.05, 3.63) is 71.3 Å². The highest BCUT2D eigenvalue weighted by atomic mass is 14.9. The molecule has 0 aliphatic heterocycles. The highest BCUT2D eigenvalue weighted by molar-refractivity contribution is 5.35. The lowest BCUT2D eigenvalue weighted by Gasteiger charge is -2.26. The zero-order valence-electron chi connectivity index (χ0n) is 12.7. The summed E-state index contributed by atoms with van der Waals surface area (Å²) in [4.78, 5) is 0. The van der Waals surface area contributed by atoms with E-state index in [1.807, 2.05) is 0 Å². The van der Waals surface area contributed by atoms with Crippen LogP contribution in [0, 0.1) is 0 Å². The minimum absolute atomic E-state index is 0.669. The van der Waals surface area contributed by atoms with E-state index in [9.17, 15) is 0 Å². The number of benzene rings is 1. The molecular formula is C20H25N. The molecule has 1 N–H and O–H groups in total. The fourth-order valence-electron chi connectivity index (χ4n) is 3.32. The van der Waals surface area contributed by atoms with E-state index in [4.69, 9.17) is 0 Å². The fraction of sp³-hybridized carbons (Fsp3) is 0.400. The monoisotopic (exact) mass is 279 g/mol. The molecule has 1 atom stereocenters. The zero-order chi connectivity index (χ0) is 14.3. The van der Waals surface area contributed by atoms with Crippen LogP contribution >= 0.6 is 0 Å². The molecular weight excluding hydrogens is 254 g/mol. The standard InChI is InChI=1S/C20H25N/c1-3-8-17(9-4-1)10-7-15-21-20-14-13-18-11-5-2-6-12-19(18)16-20/h1-6,8-9,12,20-21H,7,10-11,13-16H2. The lowest BCUT2D eigenvalue weighted by atomic mass is 9.87. The number of allylic oxidation sites excluding steroid dienone is 5. The summed E-state index contributed by atoms with van der Waals surface area (Å²) in [6.07, 6.45) is 16.3. The number of rotatable bonds is 5. The van der Waals surface area contributed by atoms with Gasteiger partial charge in [-0.25, -0.2) is 0 Å². The molecule has 0 radical (unpaired) electrons. The van der Waals surface area contributed by atoms with Gasteiger partial charge in [0.25, 0.3) is 0 Å². The molecule has 0 spiro atoms. The second-order valence-corrected chi connectivity index (χ2v) is 6.10. The number of hydrogen-bond acceptors (Lipinski definition) is 1. The molecule has 0 saturated carbocycles. The van der Waals surface area contributed by atoms with Crippen LogP contribution < -0.4 is 5.32 Å². The van der Waals surface area contributed by atoms with Crippen molar-refractivity contribution in [2.45, 2.75) is 44.6 Å². The van der Waals surface area contributed by atoms with Crippen LogP contribution in [-0.2, 0) is 6.42 Å². The molecule has 0 fully saturated rings. The topological polar surface area (TPSA) is 12.0 Å². The molecule has 1 aromatic carbocycles. The second-order valence-electron chi connectivity index (χ2n) is 6.10. The predicted molar refractivity (Wildman–Crippen MR) is 90.3 cm³/mol. The summed E-state index contributed by atoms with van der Waals surface area (Å²) >= 11 is 0. The maximum atomic E-state index is 3.76. The number of nitrogens with one attached hydrogen (secondary N) is 1. The number of aryl methyl sites for hydroxylation is 1. The summed E-state index contributed by atoms with van der Waals surface area (Å²) in [7, 11) is 0. The van der Waals surface area contributed by atoms with E-state index in [2.05, 4.69) is 60.0 Å². The summed E-state index contributed by atoms with van der Waals surface area (Å²) in [6.45, 7) is 1.13. The minimum Gasteiger partial charge on any atom is -0.314 e. The smallest absolute Gasteiger partial charge is 0.0110 e. The largest absolute Gasteiger partial charge is 0.314 e. The molecule has 0 heterocycles. The van der Waals surface area contributed by atoms with Crippen molar-refractivity contribution < 1.29 is 0 Å². The van der Waals surface area contributed by atoms with E-state index in [1.165, 1.54) is 37.7 Å². The van der Waals surface area contributed by atoms with Gasteiger partial charge in [-0.3, -0.25) is 0 Å². The van der Waals surface area contributed by atoms with Crippen molar-refractivity contribution in [1.82, 2.24) is 5.32 Å². The maximum Gasteiger partial charge on any atom is 0.0110 e. The summed E-state index contributed by atoms with van der Waals surface area (Å²) < 4.78 is 0. The van der Waals surface area contributed by atoms with Gasteiger partial charge in [0.15, 0.2) is 0 Å². The third kappa shape index (κ3) is 4.18. The molecule has 110 valence electrons. The van der Waals surface area contributed by atoms with Gasteiger partial charge in [-0.15, -0.1) is 0 Å². The van der Waals surface area contributed by atoms with Crippen LogP contribution in [0.5, 0.6) is 0 Å². The third-order valence-electron chi connectivity index (χ3n) is 4.54. The van der Waals surface area contributed by atoms with Gasteiger partial charge in [-0.1, -0.05) is 60.2 Å². The SMILES string of the molecule is C1=CCC2=C(C=C1)CC(NCCCc1ccccc1)CC2. The van der Waals surface area contributed by atoms with Crippen LogP contribution in [0.2, 0.25) is 0 Å². The third-order valence-corrected chi connectivity index (χ3v) is 4.54. The first-order valence-corrected chi connectivity index (χ1v) is 8.23. The predicted octanol–water partition coefficient (Wildman–Crippen LogP) is 4.57. The van der Waals surface area contributed by atoms with E-state index >= 15 is 0 Å². The molecule has 21 heavy (non-hydrogen) atoms. The van der Waals surface area contributed by atoms with Crippen LogP contribution in [0.1, 0.15) is 37.7 Å². The van der Waals surface area contributed by atoms with Crippen LogP contribution in [0.4, 0.5) is 0 Å². The lowest BCUT2D eigenvalue weighted by Crippen LogP contribution is -2.32. The zero-order valence-corrected chi connectivity index (χ0v) is 12.7.